The largest absolute Gasteiger partial charge is 0.477 e. The Kier molecular flexibility index (Phi) is 3.51. The van der Waals surface area contributed by atoms with Gasteiger partial charge in [-0.25, -0.2) is 9.78 Å². The zero-order valence-electron chi connectivity index (χ0n) is 9.03. The Morgan fingerprint density at radius 3 is 2.63 bits per heavy atom. The van der Waals surface area contributed by atoms with Crippen LogP contribution in [-0.2, 0) is 6.18 Å². The third kappa shape index (κ3) is 2.87. The van der Waals surface area contributed by atoms with E-state index in [9.17, 15) is 18.0 Å². The number of carboxylic acids is 1. The van der Waals surface area contributed by atoms with Gasteiger partial charge in [-0.2, -0.15) is 13.2 Å². The van der Waals surface area contributed by atoms with Crippen LogP contribution >= 0.6 is 22.9 Å². The molecule has 0 saturated heterocycles. The quantitative estimate of drug-likeness (QED) is 0.905. The highest BCUT2D eigenvalue weighted by molar-refractivity contribution is 7.17. The smallest absolute Gasteiger partial charge is 0.416 e. The van der Waals surface area contributed by atoms with Crippen LogP contribution in [0.15, 0.2) is 24.3 Å². The first-order valence-corrected chi connectivity index (χ1v) is 6.05. The van der Waals surface area contributed by atoms with E-state index in [0.29, 0.717) is 11.3 Å². The first-order chi connectivity index (χ1) is 8.79. The van der Waals surface area contributed by atoms with Gasteiger partial charge in [-0.05, 0) is 12.1 Å². The predicted octanol–water partition coefficient (Wildman–Crippen LogP) is 4.18. The maximum Gasteiger partial charge on any atom is 0.416 e. The summed E-state index contributed by atoms with van der Waals surface area (Å²) in [6.45, 7) is 0. The standard InChI is InChI=1S/C11H5ClF3NO2S/c12-10-16-7(8(19-10)9(17)18)5-2-1-3-6(4-5)11(13,14)15/h1-4H,(H,17,18). The number of rotatable bonds is 2. The lowest BCUT2D eigenvalue weighted by Crippen LogP contribution is -2.05. The Bertz CT molecular complexity index is 639. The van der Waals surface area contributed by atoms with Gasteiger partial charge in [0.05, 0.1) is 11.3 Å². The fraction of sp³-hybridized carbons (Fsp3) is 0.0909. The van der Waals surface area contributed by atoms with E-state index in [4.69, 9.17) is 16.7 Å². The zero-order chi connectivity index (χ0) is 14.2. The molecular formula is C11H5ClF3NO2S. The molecule has 2 aromatic rings. The van der Waals surface area contributed by atoms with Crippen molar-refractivity contribution in [1.82, 2.24) is 4.98 Å². The number of halogens is 4. The van der Waals surface area contributed by atoms with Crippen molar-refractivity contribution in [2.75, 3.05) is 0 Å². The number of hydrogen-bond donors (Lipinski definition) is 1. The molecule has 0 aliphatic rings. The maximum atomic E-state index is 12.6. The molecule has 2 rings (SSSR count). The van der Waals surface area contributed by atoms with Crippen molar-refractivity contribution in [3.05, 3.63) is 39.2 Å². The number of hydrogen-bond acceptors (Lipinski definition) is 3. The number of aromatic carboxylic acids is 1. The van der Waals surface area contributed by atoms with Gasteiger partial charge in [0.2, 0.25) is 0 Å². The first kappa shape index (κ1) is 13.8. The van der Waals surface area contributed by atoms with Crippen molar-refractivity contribution in [1.29, 1.82) is 0 Å². The minimum atomic E-state index is -4.50. The second kappa shape index (κ2) is 4.82. The van der Waals surface area contributed by atoms with Crippen LogP contribution in [-0.4, -0.2) is 16.1 Å². The first-order valence-electron chi connectivity index (χ1n) is 4.86. The highest BCUT2D eigenvalue weighted by Crippen LogP contribution is 2.35. The molecule has 19 heavy (non-hydrogen) atoms. The molecular weight excluding hydrogens is 303 g/mol. The van der Waals surface area contributed by atoms with Crippen molar-refractivity contribution in [2.45, 2.75) is 6.18 Å². The number of carboxylic acid groups (broad SMARTS) is 1. The zero-order valence-corrected chi connectivity index (χ0v) is 10.6. The van der Waals surface area contributed by atoms with Crippen LogP contribution < -0.4 is 0 Å². The summed E-state index contributed by atoms with van der Waals surface area (Å²) in [4.78, 5) is 14.6. The molecule has 0 unspecified atom stereocenters. The summed E-state index contributed by atoms with van der Waals surface area (Å²) >= 11 is 6.32. The molecule has 1 aromatic carbocycles. The molecule has 1 heterocycles. The van der Waals surface area contributed by atoms with E-state index < -0.39 is 17.7 Å². The Morgan fingerprint density at radius 1 is 1.37 bits per heavy atom. The monoisotopic (exact) mass is 307 g/mol. The Balaban J connectivity index is 2.57. The van der Waals surface area contributed by atoms with Crippen LogP contribution in [0.4, 0.5) is 13.2 Å². The summed E-state index contributed by atoms with van der Waals surface area (Å²) in [5.74, 6) is -1.28. The minimum Gasteiger partial charge on any atom is -0.477 e. The van der Waals surface area contributed by atoms with Gasteiger partial charge in [0, 0.05) is 5.56 Å². The highest BCUT2D eigenvalue weighted by Gasteiger charge is 2.31. The van der Waals surface area contributed by atoms with E-state index in [2.05, 4.69) is 4.98 Å². The average Bonchev–Trinajstić information content (AvgIpc) is 2.71. The number of thiazole rings is 1. The SMILES string of the molecule is O=C(O)c1sc(Cl)nc1-c1cccc(C(F)(F)F)c1. The predicted molar refractivity (Wildman–Crippen MR) is 64.5 cm³/mol. The van der Waals surface area contributed by atoms with E-state index in [1.807, 2.05) is 0 Å². The van der Waals surface area contributed by atoms with Gasteiger partial charge in [-0.1, -0.05) is 35.1 Å². The number of aromatic nitrogens is 1. The highest BCUT2D eigenvalue weighted by atomic mass is 35.5. The van der Waals surface area contributed by atoms with Gasteiger partial charge in [0.1, 0.15) is 4.88 Å². The number of benzene rings is 1. The molecule has 3 nitrogen and oxygen atoms in total. The van der Waals surface area contributed by atoms with E-state index in [0.717, 1.165) is 12.1 Å². The van der Waals surface area contributed by atoms with Crippen molar-refractivity contribution >= 4 is 28.9 Å². The topological polar surface area (TPSA) is 50.2 Å². The molecule has 0 spiro atoms. The van der Waals surface area contributed by atoms with E-state index in [1.165, 1.54) is 12.1 Å². The molecule has 0 aliphatic heterocycles. The second-order valence-electron chi connectivity index (χ2n) is 3.53. The second-order valence-corrected chi connectivity index (χ2v) is 5.11. The molecule has 0 radical (unpaired) electrons. The van der Waals surface area contributed by atoms with E-state index in [1.54, 1.807) is 0 Å². The molecule has 0 aliphatic carbocycles. The van der Waals surface area contributed by atoms with Gasteiger partial charge in [0.25, 0.3) is 0 Å². The summed E-state index contributed by atoms with van der Waals surface area (Å²) in [5.41, 5.74) is -0.866. The van der Waals surface area contributed by atoms with Crippen LogP contribution in [0.2, 0.25) is 4.47 Å². The van der Waals surface area contributed by atoms with Crippen LogP contribution in [0.5, 0.6) is 0 Å². The Hall–Kier alpha value is -1.60. The van der Waals surface area contributed by atoms with Crippen molar-refractivity contribution < 1.29 is 23.1 Å². The van der Waals surface area contributed by atoms with Gasteiger partial charge < -0.3 is 5.11 Å². The van der Waals surface area contributed by atoms with Gasteiger partial charge >= 0.3 is 12.1 Å². The minimum absolute atomic E-state index is 0.0372. The summed E-state index contributed by atoms with van der Waals surface area (Å²) in [7, 11) is 0. The van der Waals surface area contributed by atoms with Crippen LogP contribution in [0.1, 0.15) is 15.2 Å². The summed E-state index contributed by atoms with van der Waals surface area (Å²) in [5, 5.41) is 8.96. The third-order valence-corrected chi connectivity index (χ3v) is 3.41. The summed E-state index contributed by atoms with van der Waals surface area (Å²) in [6.07, 6.45) is -4.50. The molecule has 1 aromatic heterocycles. The molecule has 1 N–H and O–H groups in total. The number of alkyl halides is 3. The maximum absolute atomic E-state index is 12.6. The fourth-order valence-corrected chi connectivity index (χ4v) is 2.45. The summed E-state index contributed by atoms with van der Waals surface area (Å²) < 4.78 is 37.7. The van der Waals surface area contributed by atoms with Crippen LogP contribution in [0.3, 0.4) is 0 Å². The van der Waals surface area contributed by atoms with Crippen molar-refractivity contribution in [3.63, 3.8) is 0 Å². The van der Waals surface area contributed by atoms with Crippen LogP contribution in [0.25, 0.3) is 11.3 Å². The molecule has 8 heteroatoms. The van der Waals surface area contributed by atoms with E-state index in [-0.39, 0.29) is 20.6 Å². The lowest BCUT2D eigenvalue weighted by molar-refractivity contribution is -0.137. The molecule has 0 atom stereocenters. The fourth-order valence-electron chi connectivity index (χ4n) is 1.48. The average molecular weight is 308 g/mol. The summed E-state index contributed by atoms with van der Waals surface area (Å²) in [6, 6.07) is 4.29. The number of nitrogens with zero attached hydrogens (tertiary/aromatic N) is 1. The molecule has 0 bridgehead atoms. The Morgan fingerprint density at radius 2 is 2.05 bits per heavy atom. The Labute approximate surface area is 114 Å². The third-order valence-electron chi connectivity index (χ3n) is 2.26. The van der Waals surface area contributed by atoms with Crippen LogP contribution in [0, 0.1) is 0 Å². The van der Waals surface area contributed by atoms with Crippen molar-refractivity contribution in [2.24, 2.45) is 0 Å². The molecule has 100 valence electrons. The molecule has 0 saturated carbocycles. The van der Waals surface area contributed by atoms with Gasteiger partial charge in [-0.3, -0.25) is 0 Å². The number of carbonyl (C=O) groups is 1. The van der Waals surface area contributed by atoms with Gasteiger partial charge in [0.15, 0.2) is 4.47 Å². The van der Waals surface area contributed by atoms with Gasteiger partial charge in [-0.15, -0.1) is 0 Å². The van der Waals surface area contributed by atoms with Crippen molar-refractivity contribution in [3.8, 4) is 11.3 Å². The molecule has 0 amide bonds. The lowest BCUT2D eigenvalue weighted by Gasteiger charge is -2.07. The normalized spacial score (nSPS) is 11.6. The molecule has 0 fully saturated rings. The lowest BCUT2D eigenvalue weighted by atomic mass is 10.1. The van der Waals surface area contributed by atoms with E-state index >= 15 is 0 Å².